The van der Waals surface area contributed by atoms with Crippen LogP contribution in [0.1, 0.15) is 5.56 Å². The van der Waals surface area contributed by atoms with Crippen LogP contribution in [0.5, 0.6) is 0 Å². The van der Waals surface area contributed by atoms with Gasteiger partial charge in [0.2, 0.25) is 0 Å². The van der Waals surface area contributed by atoms with Gasteiger partial charge in [-0.15, -0.1) is 29.2 Å². The summed E-state index contributed by atoms with van der Waals surface area (Å²) in [5.74, 6) is 0. The largest absolute Gasteiger partial charge is 0.381 e. The van der Waals surface area contributed by atoms with E-state index in [1.165, 1.54) is 6.07 Å². The Morgan fingerprint density at radius 3 is 2.43 bits per heavy atom. The molecule has 0 saturated carbocycles. The van der Waals surface area contributed by atoms with Gasteiger partial charge in [-0.05, 0) is 28.1 Å². The minimum absolute atomic E-state index is 0. The number of aromatic nitrogens is 1. The summed E-state index contributed by atoms with van der Waals surface area (Å²) < 4.78 is 40.0. The molecule has 1 nitrogen and oxygen atoms in total. The molecule has 1 aliphatic heterocycles. The number of nitrogens with zero attached hydrogens (tertiary/aromatic N) is 1. The molecule has 5 rings (SSSR count). The van der Waals surface area contributed by atoms with E-state index in [4.69, 9.17) is 0 Å². The number of fused-ring (bicyclic) bond motifs is 4. The summed E-state index contributed by atoms with van der Waals surface area (Å²) in [6.45, 7) is -0.298. The first kappa shape index (κ1) is 18.9. The molecule has 0 N–H and O–H groups in total. The van der Waals surface area contributed by atoms with Crippen LogP contribution in [0.2, 0.25) is 0 Å². The van der Waals surface area contributed by atoms with Gasteiger partial charge in [-0.3, -0.25) is 0 Å². The zero-order valence-electron chi connectivity index (χ0n) is 14.4. The van der Waals surface area contributed by atoms with Crippen LogP contribution in [-0.4, -0.2) is 11.7 Å². The topological polar surface area (TPSA) is 12.9 Å². The first-order chi connectivity index (χ1) is 13.0. The van der Waals surface area contributed by atoms with Crippen LogP contribution in [0.4, 0.5) is 13.2 Å². The molecule has 1 aliphatic rings. The van der Waals surface area contributed by atoms with E-state index < -0.39 is 11.7 Å². The van der Waals surface area contributed by atoms with Crippen molar-refractivity contribution in [1.82, 2.24) is 4.98 Å². The van der Waals surface area contributed by atoms with Crippen LogP contribution in [0.15, 0.2) is 72.9 Å². The van der Waals surface area contributed by atoms with E-state index in [0.717, 1.165) is 27.8 Å². The van der Waals surface area contributed by atoms with Crippen molar-refractivity contribution in [2.45, 2.75) is 6.18 Å². The molecule has 0 aliphatic carbocycles. The van der Waals surface area contributed by atoms with Crippen LogP contribution in [0, 0.1) is 6.07 Å². The Kier molecular flexibility index (Phi) is 4.64. The molecule has 6 heteroatoms. The third kappa shape index (κ3) is 2.88. The predicted octanol–water partition coefficient (Wildman–Crippen LogP) is 3.55. The van der Waals surface area contributed by atoms with Crippen LogP contribution < -0.4 is 16.4 Å². The van der Waals surface area contributed by atoms with Gasteiger partial charge in [0.05, 0.1) is 0 Å². The second kappa shape index (κ2) is 6.87. The van der Waals surface area contributed by atoms with E-state index in [-0.39, 0.29) is 26.8 Å². The number of alkyl halides is 3. The van der Waals surface area contributed by atoms with Crippen molar-refractivity contribution in [3.8, 4) is 11.3 Å². The van der Waals surface area contributed by atoms with Crippen molar-refractivity contribution in [3.63, 3.8) is 0 Å². The van der Waals surface area contributed by atoms with E-state index in [9.17, 15) is 13.2 Å². The quantitative estimate of drug-likeness (QED) is 0.230. The minimum atomic E-state index is -4.41. The first-order valence-corrected chi connectivity index (χ1v) is 8.60. The number of hydrogen-bond acceptors (Lipinski definition) is 1. The number of hydrogen-bond donors (Lipinski definition) is 0. The zero-order chi connectivity index (χ0) is 18.6. The Balaban J connectivity index is 0.00000192. The molecule has 0 amide bonds. The standard InChI is InChI=1S/C22H12BF3N.Ir/c24-22(25,26)15-10-11-17-20(13-15)23(19-9-4-12-27-21(17)19)18-8-3-6-14-5-1-2-7-16(14)18;/h1-10,12-13H;/q-1;. The molecular weight excluding hydrogens is 538 g/mol. The van der Waals surface area contributed by atoms with Crippen LogP contribution in [0.3, 0.4) is 0 Å². The van der Waals surface area contributed by atoms with E-state index >= 15 is 0 Å². The van der Waals surface area contributed by atoms with Crippen molar-refractivity contribution >= 4 is 33.9 Å². The summed E-state index contributed by atoms with van der Waals surface area (Å²) in [5.41, 5.74) is 3.18. The Hall–Kier alpha value is -2.43. The van der Waals surface area contributed by atoms with Gasteiger partial charge in [0.1, 0.15) is 0 Å². The van der Waals surface area contributed by atoms with Crippen molar-refractivity contribution in [3.05, 3.63) is 84.6 Å². The molecule has 3 aromatic carbocycles. The Morgan fingerprint density at radius 1 is 0.857 bits per heavy atom. The second-order valence-corrected chi connectivity index (χ2v) is 6.66. The molecule has 28 heavy (non-hydrogen) atoms. The normalized spacial score (nSPS) is 12.5. The third-order valence-corrected chi connectivity index (χ3v) is 5.13. The molecule has 1 radical (unpaired) electrons. The van der Waals surface area contributed by atoms with Crippen molar-refractivity contribution in [2.75, 3.05) is 0 Å². The number of pyridine rings is 1. The van der Waals surface area contributed by atoms with Gasteiger partial charge in [-0.2, -0.15) is 13.2 Å². The number of rotatable bonds is 1. The molecule has 0 fully saturated rings. The molecule has 1 aromatic heterocycles. The van der Waals surface area contributed by atoms with Crippen LogP contribution in [0.25, 0.3) is 22.0 Å². The Bertz CT molecular complexity index is 1180. The summed E-state index contributed by atoms with van der Waals surface area (Å²) in [4.78, 5) is 4.44. The maximum Gasteiger partial charge on any atom is 0.381 e. The average Bonchev–Trinajstić information content (AvgIpc) is 3.00. The molecule has 0 atom stereocenters. The monoisotopic (exact) mass is 551 g/mol. The predicted molar refractivity (Wildman–Crippen MR) is 102 cm³/mol. The SMILES string of the molecule is FC(F)(F)c1c[c-]c2c(c1)B(c1cccc3ccccc13)c1cccnc1-2.[Ir]. The maximum absolute atomic E-state index is 13.3. The maximum atomic E-state index is 13.3. The van der Waals surface area contributed by atoms with E-state index in [1.54, 1.807) is 6.20 Å². The molecule has 4 aromatic rings. The molecule has 0 spiro atoms. The molecular formula is C22H12BF3IrN-. The molecule has 0 bridgehead atoms. The van der Waals surface area contributed by atoms with Crippen LogP contribution in [-0.2, 0) is 26.3 Å². The average molecular weight is 550 g/mol. The smallest absolute Gasteiger partial charge is 0.305 e. The Morgan fingerprint density at radius 2 is 1.61 bits per heavy atom. The fraction of sp³-hybridized carbons (Fsp3) is 0.0455. The summed E-state index contributed by atoms with van der Waals surface area (Å²) in [7, 11) is 0. The molecule has 0 saturated heterocycles. The Labute approximate surface area is 174 Å². The van der Waals surface area contributed by atoms with Crippen molar-refractivity contribution < 1.29 is 33.3 Å². The third-order valence-electron chi connectivity index (χ3n) is 5.13. The summed E-state index contributed by atoms with van der Waals surface area (Å²) in [6, 6.07) is 22.8. The van der Waals surface area contributed by atoms with Gasteiger partial charge >= 0.3 is 6.18 Å². The van der Waals surface area contributed by atoms with E-state index in [0.29, 0.717) is 16.7 Å². The first-order valence-electron chi connectivity index (χ1n) is 8.60. The molecule has 2 heterocycles. The molecule has 0 unspecified atom stereocenters. The van der Waals surface area contributed by atoms with Crippen LogP contribution >= 0.6 is 0 Å². The van der Waals surface area contributed by atoms with Crippen molar-refractivity contribution in [1.29, 1.82) is 0 Å². The van der Waals surface area contributed by atoms with Gasteiger partial charge in [0.25, 0.3) is 0 Å². The fourth-order valence-corrected chi connectivity index (χ4v) is 3.98. The van der Waals surface area contributed by atoms with E-state index in [2.05, 4.69) is 11.1 Å². The summed E-state index contributed by atoms with van der Waals surface area (Å²) in [5, 5.41) is 2.09. The summed E-state index contributed by atoms with van der Waals surface area (Å²) in [6.07, 6.45) is -2.74. The van der Waals surface area contributed by atoms with Crippen molar-refractivity contribution in [2.24, 2.45) is 0 Å². The van der Waals surface area contributed by atoms with Gasteiger partial charge in [0.15, 0.2) is 6.71 Å². The number of benzene rings is 3. The minimum Gasteiger partial charge on any atom is -0.305 e. The van der Waals surface area contributed by atoms with Gasteiger partial charge in [-0.1, -0.05) is 59.5 Å². The fourth-order valence-electron chi connectivity index (χ4n) is 3.98. The second-order valence-electron chi connectivity index (χ2n) is 6.66. The zero-order valence-corrected chi connectivity index (χ0v) is 16.8. The number of halogens is 3. The summed E-state index contributed by atoms with van der Waals surface area (Å²) >= 11 is 0. The van der Waals surface area contributed by atoms with Gasteiger partial charge < -0.3 is 4.98 Å². The van der Waals surface area contributed by atoms with Gasteiger partial charge in [0, 0.05) is 26.3 Å². The van der Waals surface area contributed by atoms with Gasteiger partial charge in [-0.25, -0.2) is 0 Å². The molecule has 139 valence electrons. The van der Waals surface area contributed by atoms with E-state index in [1.807, 2.05) is 54.6 Å².